The number of aromatic nitrogens is 4. The van der Waals surface area contributed by atoms with E-state index in [1.54, 1.807) is 7.11 Å². The summed E-state index contributed by atoms with van der Waals surface area (Å²) < 4.78 is 7.36. The summed E-state index contributed by atoms with van der Waals surface area (Å²) in [6.45, 7) is 5.91. The smallest absolute Gasteiger partial charge is 0.199 e. The summed E-state index contributed by atoms with van der Waals surface area (Å²) in [5.41, 5.74) is 4.36. The van der Waals surface area contributed by atoms with Crippen LogP contribution in [-0.2, 0) is 0 Å². The number of hydrogen-bond donors (Lipinski definition) is 0. The molecular weight excluding hydrogens is 288 g/mol. The zero-order valence-electron chi connectivity index (χ0n) is 12.3. The van der Waals surface area contributed by atoms with Crippen molar-refractivity contribution in [2.45, 2.75) is 20.8 Å². The number of aryl methyl sites for hydroxylation is 3. The molecule has 3 aromatic rings. The Morgan fingerprint density at radius 2 is 1.90 bits per heavy atom. The highest BCUT2D eigenvalue weighted by Crippen LogP contribution is 2.31. The molecule has 21 heavy (non-hydrogen) atoms. The second-order valence-corrected chi connectivity index (χ2v) is 5.32. The maximum atomic E-state index is 6.17. The summed E-state index contributed by atoms with van der Waals surface area (Å²) in [5.74, 6) is 1.45. The molecule has 0 N–H and O–H groups in total. The molecule has 0 atom stereocenters. The van der Waals surface area contributed by atoms with Crippen molar-refractivity contribution in [3.63, 3.8) is 0 Å². The standard InChI is InChI=1S/C15H15ClN4O/c1-8-5-6-12(21-4)11(7-8)14-18-19-15-13(16)17-9(2)10(3)20(14)15/h5-7H,1-4H3. The highest BCUT2D eigenvalue weighted by molar-refractivity contribution is 6.32. The predicted molar refractivity (Wildman–Crippen MR) is 82.0 cm³/mol. The minimum atomic E-state index is 0.350. The van der Waals surface area contributed by atoms with Crippen LogP contribution in [-0.4, -0.2) is 26.7 Å². The van der Waals surface area contributed by atoms with Crippen LogP contribution in [0.5, 0.6) is 5.75 Å². The van der Waals surface area contributed by atoms with Gasteiger partial charge in [0.05, 0.1) is 18.4 Å². The molecule has 2 heterocycles. The molecule has 5 nitrogen and oxygen atoms in total. The number of methoxy groups -OCH3 is 1. The Kier molecular flexibility index (Phi) is 3.29. The van der Waals surface area contributed by atoms with Crippen LogP contribution < -0.4 is 4.74 Å². The molecule has 2 aromatic heterocycles. The first-order valence-electron chi connectivity index (χ1n) is 6.55. The summed E-state index contributed by atoms with van der Waals surface area (Å²) in [5, 5.41) is 8.80. The van der Waals surface area contributed by atoms with Gasteiger partial charge in [0.2, 0.25) is 0 Å². The van der Waals surface area contributed by atoms with E-state index >= 15 is 0 Å². The Morgan fingerprint density at radius 3 is 2.62 bits per heavy atom. The first kappa shape index (κ1) is 13.8. The third-order valence-corrected chi connectivity index (χ3v) is 3.82. The van der Waals surface area contributed by atoms with Gasteiger partial charge >= 0.3 is 0 Å². The van der Waals surface area contributed by atoms with Crippen LogP contribution in [0.15, 0.2) is 18.2 Å². The van der Waals surface area contributed by atoms with Crippen LogP contribution in [0.25, 0.3) is 17.0 Å². The molecule has 0 bridgehead atoms. The van der Waals surface area contributed by atoms with Gasteiger partial charge in [0.25, 0.3) is 0 Å². The highest BCUT2D eigenvalue weighted by atomic mass is 35.5. The Labute approximate surface area is 127 Å². The van der Waals surface area contributed by atoms with E-state index in [1.807, 2.05) is 43.4 Å². The lowest BCUT2D eigenvalue weighted by Crippen LogP contribution is -2.01. The molecular formula is C15H15ClN4O. The van der Waals surface area contributed by atoms with Gasteiger partial charge < -0.3 is 4.74 Å². The predicted octanol–water partition coefficient (Wildman–Crippen LogP) is 3.38. The third kappa shape index (κ3) is 2.14. The first-order chi connectivity index (χ1) is 10.0. The van der Waals surface area contributed by atoms with Crippen LogP contribution in [0.3, 0.4) is 0 Å². The van der Waals surface area contributed by atoms with Crippen molar-refractivity contribution in [3.05, 3.63) is 40.3 Å². The SMILES string of the molecule is COc1ccc(C)cc1-c1nnc2c(Cl)nc(C)c(C)n12. The van der Waals surface area contributed by atoms with Gasteiger partial charge in [-0.15, -0.1) is 10.2 Å². The fraction of sp³-hybridized carbons (Fsp3) is 0.267. The van der Waals surface area contributed by atoms with Crippen LogP contribution >= 0.6 is 11.6 Å². The van der Waals surface area contributed by atoms with Crippen LogP contribution in [0.4, 0.5) is 0 Å². The molecule has 0 spiro atoms. The Morgan fingerprint density at radius 1 is 1.14 bits per heavy atom. The van der Waals surface area contributed by atoms with Crippen molar-refractivity contribution in [1.29, 1.82) is 0 Å². The minimum absolute atomic E-state index is 0.350. The second kappa shape index (κ2) is 5.00. The number of ether oxygens (including phenoxy) is 1. The summed E-state index contributed by atoms with van der Waals surface area (Å²) in [6.07, 6.45) is 0. The Hall–Kier alpha value is -2.14. The average molecular weight is 303 g/mol. The second-order valence-electron chi connectivity index (χ2n) is 4.96. The van der Waals surface area contributed by atoms with E-state index < -0.39 is 0 Å². The molecule has 0 saturated heterocycles. The molecule has 3 rings (SSSR count). The summed E-state index contributed by atoms with van der Waals surface area (Å²) >= 11 is 6.17. The zero-order valence-corrected chi connectivity index (χ0v) is 13.1. The van der Waals surface area contributed by atoms with Crippen molar-refractivity contribution in [3.8, 4) is 17.1 Å². The van der Waals surface area contributed by atoms with E-state index in [-0.39, 0.29) is 0 Å². The molecule has 0 aliphatic rings. The summed E-state index contributed by atoms with van der Waals surface area (Å²) in [4.78, 5) is 4.28. The molecule has 6 heteroatoms. The van der Waals surface area contributed by atoms with Crippen molar-refractivity contribution in [2.24, 2.45) is 0 Å². The number of benzene rings is 1. The van der Waals surface area contributed by atoms with Gasteiger partial charge in [-0.2, -0.15) is 0 Å². The number of nitrogens with zero attached hydrogens (tertiary/aromatic N) is 4. The van der Waals surface area contributed by atoms with E-state index in [9.17, 15) is 0 Å². The largest absolute Gasteiger partial charge is 0.496 e. The van der Waals surface area contributed by atoms with Crippen LogP contribution in [0.2, 0.25) is 5.15 Å². The molecule has 108 valence electrons. The summed E-state index contributed by atoms with van der Waals surface area (Å²) in [7, 11) is 1.64. The maximum absolute atomic E-state index is 6.17. The lowest BCUT2D eigenvalue weighted by Gasteiger charge is -2.10. The van der Waals surface area contributed by atoms with Gasteiger partial charge in [0.1, 0.15) is 5.75 Å². The Balaban J connectivity index is 2.39. The maximum Gasteiger partial charge on any atom is 0.199 e. The third-order valence-electron chi connectivity index (χ3n) is 3.57. The van der Waals surface area contributed by atoms with Crippen molar-refractivity contribution in [2.75, 3.05) is 7.11 Å². The molecule has 0 aliphatic heterocycles. The van der Waals surface area contributed by atoms with E-state index in [4.69, 9.17) is 16.3 Å². The van der Waals surface area contributed by atoms with Gasteiger partial charge in [-0.3, -0.25) is 4.40 Å². The van der Waals surface area contributed by atoms with E-state index in [1.165, 1.54) is 0 Å². The normalized spacial score (nSPS) is 11.1. The molecule has 0 fully saturated rings. The number of fused-ring (bicyclic) bond motifs is 1. The van der Waals surface area contributed by atoms with Gasteiger partial charge in [-0.1, -0.05) is 23.2 Å². The first-order valence-corrected chi connectivity index (χ1v) is 6.93. The monoisotopic (exact) mass is 302 g/mol. The van der Waals surface area contributed by atoms with Crippen LogP contribution in [0.1, 0.15) is 17.0 Å². The fourth-order valence-corrected chi connectivity index (χ4v) is 2.60. The number of rotatable bonds is 2. The molecule has 0 saturated carbocycles. The lowest BCUT2D eigenvalue weighted by atomic mass is 10.1. The Bertz CT molecular complexity index is 841. The zero-order chi connectivity index (χ0) is 15.1. The van der Waals surface area contributed by atoms with Gasteiger partial charge in [-0.25, -0.2) is 4.98 Å². The molecule has 0 radical (unpaired) electrons. The van der Waals surface area contributed by atoms with E-state index in [0.29, 0.717) is 16.6 Å². The van der Waals surface area contributed by atoms with Crippen LogP contribution in [0, 0.1) is 20.8 Å². The molecule has 1 aromatic carbocycles. The van der Waals surface area contributed by atoms with E-state index in [0.717, 1.165) is 28.3 Å². The number of hydrogen-bond acceptors (Lipinski definition) is 4. The average Bonchev–Trinajstić information content (AvgIpc) is 2.90. The quantitative estimate of drug-likeness (QED) is 0.728. The highest BCUT2D eigenvalue weighted by Gasteiger charge is 2.18. The molecule has 0 amide bonds. The van der Waals surface area contributed by atoms with E-state index in [2.05, 4.69) is 15.2 Å². The minimum Gasteiger partial charge on any atom is -0.496 e. The van der Waals surface area contributed by atoms with Gasteiger partial charge in [0, 0.05) is 5.69 Å². The number of halogens is 1. The topological polar surface area (TPSA) is 52.3 Å². The lowest BCUT2D eigenvalue weighted by molar-refractivity contribution is 0.416. The summed E-state index contributed by atoms with van der Waals surface area (Å²) in [6, 6.07) is 5.95. The van der Waals surface area contributed by atoms with Gasteiger partial charge in [0.15, 0.2) is 16.6 Å². The molecule has 0 unspecified atom stereocenters. The van der Waals surface area contributed by atoms with Crippen molar-refractivity contribution >= 4 is 17.2 Å². The fourth-order valence-electron chi connectivity index (χ4n) is 2.35. The van der Waals surface area contributed by atoms with Crippen molar-refractivity contribution < 1.29 is 4.74 Å². The van der Waals surface area contributed by atoms with Crippen molar-refractivity contribution in [1.82, 2.24) is 19.6 Å². The molecule has 0 aliphatic carbocycles. The van der Waals surface area contributed by atoms with Gasteiger partial charge in [-0.05, 0) is 32.9 Å².